The van der Waals surface area contributed by atoms with Gasteiger partial charge in [-0.15, -0.1) is 0 Å². The summed E-state index contributed by atoms with van der Waals surface area (Å²) in [6.45, 7) is 0. The minimum atomic E-state index is -0.447. The van der Waals surface area contributed by atoms with Gasteiger partial charge in [0.1, 0.15) is 5.78 Å². The predicted octanol–water partition coefficient (Wildman–Crippen LogP) is 3.30. The number of ketones is 1. The molecule has 5 nitrogen and oxygen atoms in total. The SMILES string of the molecule is COc1ccc(CC2CCCCCC2=O)cc1[N+](=O)[O-]. The van der Waals surface area contributed by atoms with Gasteiger partial charge in [0.25, 0.3) is 0 Å². The van der Waals surface area contributed by atoms with Gasteiger partial charge in [-0.1, -0.05) is 18.9 Å². The fourth-order valence-electron chi connectivity index (χ4n) is 2.74. The number of nitro groups is 1. The lowest BCUT2D eigenvalue weighted by Gasteiger charge is -2.13. The van der Waals surface area contributed by atoms with Gasteiger partial charge in [-0.2, -0.15) is 0 Å². The molecule has 0 aliphatic heterocycles. The summed E-state index contributed by atoms with van der Waals surface area (Å²) in [5.74, 6) is 0.553. The summed E-state index contributed by atoms with van der Waals surface area (Å²) in [5, 5.41) is 11.0. The van der Waals surface area contributed by atoms with Crippen molar-refractivity contribution in [2.24, 2.45) is 5.92 Å². The number of carbonyl (C=O) groups excluding carboxylic acids is 1. The third kappa shape index (κ3) is 3.35. The summed E-state index contributed by atoms with van der Waals surface area (Å²) in [7, 11) is 1.41. The number of ether oxygens (including phenoxy) is 1. The number of nitro benzene ring substituents is 1. The quantitative estimate of drug-likeness (QED) is 0.481. The number of methoxy groups -OCH3 is 1. The van der Waals surface area contributed by atoms with Crippen LogP contribution in [0, 0.1) is 16.0 Å². The maximum atomic E-state index is 12.0. The van der Waals surface area contributed by atoms with E-state index in [1.165, 1.54) is 13.2 Å². The molecular formula is C15H19NO4. The lowest BCUT2D eigenvalue weighted by Crippen LogP contribution is -2.15. The Labute approximate surface area is 118 Å². The lowest BCUT2D eigenvalue weighted by molar-refractivity contribution is -0.385. The smallest absolute Gasteiger partial charge is 0.311 e. The van der Waals surface area contributed by atoms with Gasteiger partial charge in [-0.25, -0.2) is 0 Å². The summed E-state index contributed by atoms with van der Waals surface area (Å²) in [6.07, 6.45) is 5.25. The average Bonchev–Trinajstić information content (AvgIpc) is 2.64. The molecule has 20 heavy (non-hydrogen) atoms. The number of carbonyl (C=O) groups is 1. The van der Waals surface area contributed by atoms with E-state index in [4.69, 9.17) is 4.74 Å². The Bertz CT molecular complexity index is 513. The highest BCUT2D eigenvalue weighted by Crippen LogP contribution is 2.30. The van der Waals surface area contributed by atoms with E-state index >= 15 is 0 Å². The summed E-state index contributed by atoms with van der Waals surface area (Å²) in [6, 6.07) is 4.94. The zero-order chi connectivity index (χ0) is 14.5. The molecule has 0 spiro atoms. The molecule has 1 atom stereocenters. The zero-order valence-electron chi connectivity index (χ0n) is 11.6. The Morgan fingerprint density at radius 2 is 2.15 bits per heavy atom. The number of Topliss-reactive ketones (excluding diaryl/α,β-unsaturated/α-hetero) is 1. The van der Waals surface area contributed by atoms with Crippen LogP contribution in [0.3, 0.4) is 0 Å². The van der Waals surface area contributed by atoms with Crippen LogP contribution in [0.4, 0.5) is 5.69 Å². The summed E-state index contributed by atoms with van der Waals surface area (Å²) in [4.78, 5) is 22.6. The lowest BCUT2D eigenvalue weighted by atomic mass is 9.91. The number of hydrogen-bond acceptors (Lipinski definition) is 4. The first-order chi connectivity index (χ1) is 9.61. The summed E-state index contributed by atoms with van der Waals surface area (Å²) >= 11 is 0. The van der Waals surface area contributed by atoms with Crippen molar-refractivity contribution in [1.29, 1.82) is 0 Å². The van der Waals surface area contributed by atoms with Crippen molar-refractivity contribution in [3.05, 3.63) is 33.9 Å². The van der Waals surface area contributed by atoms with E-state index in [0.29, 0.717) is 18.6 Å². The molecule has 1 aliphatic carbocycles. The van der Waals surface area contributed by atoms with Crippen LogP contribution in [0.5, 0.6) is 5.75 Å². The largest absolute Gasteiger partial charge is 0.490 e. The Balaban J connectivity index is 2.18. The molecule has 0 saturated heterocycles. The Kier molecular flexibility index (Phi) is 4.71. The van der Waals surface area contributed by atoms with Crippen molar-refractivity contribution < 1.29 is 14.5 Å². The topological polar surface area (TPSA) is 69.4 Å². The van der Waals surface area contributed by atoms with Crippen LogP contribution >= 0.6 is 0 Å². The van der Waals surface area contributed by atoms with Gasteiger partial charge in [-0.05, 0) is 30.9 Å². The Morgan fingerprint density at radius 3 is 2.85 bits per heavy atom. The van der Waals surface area contributed by atoms with Crippen molar-refractivity contribution in [2.45, 2.75) is 38.5 Å². The number of nitrogens with zero attached hydrogens (tertiary/aromatic N) is 1. The molecule has 0 aromatic heterocycles. The molecule has 1 aromatic rings. The molecule has 0 bridgehead atoms. The molecule has 2 rings (SSSR count). The molecule has 5 heteroatoms. The van der Waals surface area contributed by atoms with Gasteiger partial charge in [0.05, 0.1) is 12.0 Å². The molecule has 1 aromatic carbocycles. The first-order valence-corrected chi connectivity index (χ1v) is 6.96. The Hall–Kier alpha value is -1.91. The molecule has 1 aliphatic rings. The highest BCUT2D eigenvalue weighted by atomic mass is 16.6. The van der Waals surface area contributed by atoms with Crippen molar-refractivity contribution in [3.8, 4) is 5.75 Å². The van der Waals surface area contributed by atoms with E-state index in [1.807, 2.05) is 6.07 Å². The highest BCUT2D eigenvalue weighted by Gasteiger charge is 2.22. The standard InChI is InChI=1S/C15H19NO4/c1-20-15-8-7-11(10-13(15)16(18)19)9-12-5-3-2-4-6-14(12)17/h7-8,10,12H,2-6,9H2,1H3. The molecule has 0 heterocycles. The van der Waals surface area contributed by atoms with Gasteiger partial charge >= 0.3 is 5.69 Å². The minimum Gasteiger partial charge on any atom is -0.490 e. The molecule has 1 saturated carbocycles. The highest BCUT2D eigenvalue weighted by molar-refractivity contribution is 5.81. The van der Waals surface area contributed by atoms with Crippen LogP contribution in [0.2, 0.25) is 0 Å². The third-order valence-corrected chi connectivity index (χ3v) is 3.85. The Morgan fingerprint density at radius 1 is 1.35 bits per heavy atom. The van der Waals surface area contributed by atoms with E-state index in [-0.39, 0.29) is 17.4 Å². The van der Waals surface area contributed by atoms with Crippen LogP contribution < -0.4 is 4.74 Å². The maximum Gasteiger partial charge on any atom is 0.311 e. The first-order valence-electron chi connectivity index (χ1n) is 6.96. The van der Waals surface area contributed by atoms with Gasteiger partial charge < -0.3 is 4.74 Å². The summed E-state index contributed by atoms with van der Waals surface area (Å²) in [5.41, 5.74) is 0.795. The molecule has 0 amide bonds. The molecular weight excluding hydrogens is 258 g/mol. The predicted molar refractivity (Wildman–Crippen MR) is 74.9 cm³/mol. The fourth-order valence-corrected chi connectivity index (χ4v) is 2.74. The molecule has 1 unspecified atom stereocenters. The third-order valence-electron chi connectivity index (χ3n) is 3.85. The van der Waals surface area contributed by atoms with E-state index in [0.717, 1.165) is 31.2 Å². The van der Waals surface area contributed by atoms with Gasteiger partial charge in [-0.3, -0.25) is 14.9 Å². The van der Waals surface area contributed by atoms with Crippen molar-refractivity contribution in [3.63, 3.8) is 0 Å². The van der Waals surface area contributed by atoms with Crippen LogP contribution in [0.25, 0.3) is 0 Å². The molecule has 0 radical (unpaired) electrons. The van der Waals surface area contributed by atoms with Gasteiger partial charge in [0, 0.05) is 18.4 Å². The van der Waals surface area contributed by atoms with E-state index < -0.39 is 4.92 Å². The number of benzene rings is 1. The monoisotopic (exact) mass is 277 g/mol. The fraction of sp³-hybridized carbons (Fsp3) is 0.533. The molecule has 0 N–H and O–H groups in total. The zero-order valence-corrected chi connectivity index (χ0v) is 11.6. The van der Waals surface area contributed by atoms with Crippen molar-refractivity contribution >= 4 is 11.5 Å². The summed E-state index contributed by atoms with van der Waals surface area (Å²) < 4.78 is 4.98. The van der Waals surface area contributed by atoms with Crippen LogP contribution in [0.1, 0.15) is 37.7 Å². The van der Waals surface area contributed by atoms with E-state index in [2.05, 4.69) is 0 Å². The second-order valence-electron chi connectivity index (χ2n) is 5.23. The van der Waals surface area contributed by atoms with Crippen molar-refractivity contribution in [2.75, 3.05) is 7.11 Å². The first kappa shape index (κ1) is 14.5. The molecule has 108 valence electrons. The normalized spacial score (nSPS) is 19.4. The second-order valence-corrected chi connectivity index (χ2v) is 5.23. The van der Waals surface area contributed by atoms with E-state index in [9.17, 15) is 14.9 Å². The maximum absolute atomic E-state index is 12.0. The van der Waals surface area contributed by atoms with Crippen LogP contribution in [0.15, 0.2) is 18.2 Å². The number of hydrogen-bond donors (Lipinski definition) is 0. The van der Waals surface area contributed by atoms with Gasteiger partial charge in [0.15, 0.2) is 5.75 Å². The van der Waals surface area contributed by atoms with E-state index in [1.54, 1.807) is 6.07 Å². The second kappa shape index (κ2) is 6.50. The van der Waals surface area contributed by atoms with Crippen molar-refractivity contribution in [1.82, 2.24) is 0 Å². The molecule has 1 fully saturated rings. The average molecular weight is 277 g/mol. The minimum absolute atomic E-state index is 0.00509. The van der Waals surface area contributed by atoms with Gasteiger partial charge in [0.2, 0.25) is 0 Å². The number of rotatable bonds is 4. The van der Waals surface area contributed by atoms with Crippen LogP contribution in [-0.2, 0) is 11.2 Å². The van der Waals surface area contributed by atoms with Crippen LogP contribution in [-0.4, -0.2) is 17.8 Å².